The van der Waals surface area contributed by atoms with Crippen LogP contribution in [0.5, 0.6) is 0 Å². The van der Waals surface area contributed by atoms with Crippen LogP contribution in [-0.4, -0.2) is 0 Å². The average Bonchev–Trinajstić information content (AvgIpc) is 3.10. The minimum Gasteiger partial charge on any atom is -1.00 e. The number of hydrogen-bond donors (Lipinski definition) is 0. The summed E-state index contributed by atoms with van der Waals surface area (Å²) >= 11 is 0. The summed E-state index contributed by atoms with van der Waals surface area (Å²) < 4.78 is 0. The Bertz CT molecular complexity index is 522. The SMILES string of the molecule is CC(c1cc2c([cH-]1)CCCC2)c1cc2c([cH-]1)CCCC2.[Cl-].[Cl-].[Zr+4]. The normalized spacial score (nSPS) is 15.7. The molecule has 0 aliphatic heterocycles. The molecular formula is C20H24Cl2Zr. The Labute approximate surface area is 172 Å². The monoisotopic (exact) mass is 424 g/mol. The summed E-state index contributed by atoms with van der Waals surface area (Å²) in [6.07, 6.45) is 10.8. The van der Waals surface area contributed by atoms with Gasteiger partial charge in [0.25, 0.3) is 0 Å². The molecule has 0 atom stereocenters. The van der Waals surface area contributed by atoms with Crippen LogP contribution in [-0.2, 0) is 51.9 Å². The second kappa shape index (κ2) is 9.03. The van der Waals surface area contributed by atoms with Gasteiger partial charge in [-0.1, -0.05) is 58.3 Å². The van der Waals surface area contributed by atoms with Gasteiger partial charge in [-0.3, -0.25) is 0 Å². The van der Waals surface area contributed by atoms with E-state index in [0.717, 1.165) is 0 Å². The van der Waals surface area contributed by atoms with Gasteiger partial charge in [0.05, 0.1) is 0 Å². The number of fused-ring (bicyclic) bond motifs is 2. The Morgan fingerprint density at radius 2 is 1.13 bits per heavy atom. The zero-order valence-electron chi connectivity index (χ0n) is 13.8. The fourth-order valence-electron chi connectivity index (χ4n) is 4.14. The molecule has 122 valence electrons. The summed E-state index contributed by atoms with van der Waals surface area (Å²) in [7, 11) is 0. The first-order valence-electron chi connectivity index (χ1n) is 8.38. The molecule has 2 aliphatic carbocycles. The smallest absolute Gasteiger partial charge is 1.00 e. The maximum Gasteiger partial charge on any atom is 4.00 e. The summed E-state index contributed by atoms with van der Waals surface area (Å²) in [6.45, 7) is 2.39. The minimum atomic E-state index is 0. The van der Waals surface area contributed by atoms with Crippen molar-refractivity contribution in [2.75, 3.05) is 0 Å². The van der Waals surface area contributed by atoms with Gasteiger partial charge in [-0.2, -0.15) is 45.5 Å². The summed E-state index contributed by atoms with van der Waals surface area (Å²) in [5.41, 5.74) is 9.64. The largest absolute Gasteiger partial charge is 4.00 e. The van der Waals surface area contributed by atoms with Crippen molar-refractivity contribution in [2.24, 2.45) is 0 Å². The topological polar surface area (TPSA) is 0 Å². The van der Waals surface area contributed by atoms with Crippen LogP contribution < -0.4 is 24.8 Å². The molecule has 0 saturated heterocycles. The van der Waals surface area contributed by atoms with Crippen LogP contribution in [0.3, 0.4) is 0 Å². The Balaban J connectivity index is 0.000000882. The van der Waals surface area contributed by atoms with Gasteiger partial charge in [-0.25, -0.2) is 12.1 Å². The van der Waals surface area contributed by atoms with E-state index >= 15 is 0 Å². The van der Waals surface area contributed by atoms with E-state index in [1.54, 1.807) is 33.4 Å². The van der Waals surface area contributed by atoms with Gasteiger partial charge in [0.1, 0.15) is 0 Å². The van der Waals surface area contributed by atoms with Gasteiger partial charge >= 0.3 is 26.2 Å². The first-order chi connectivity index (χ1) is 9.81. The zero-order chi connectivity index (χ0) is 13.5. The summed E-state index contributed by atoms with van der Waals surface area (Å²) in [6, 6.07) is 9.96. The van der Waals surface area contributed by atoms with Crippen LogP contribution in [0.4, 0.5) is 0 Å². The first-order valence-corrected chi connectivity index (χ1v) is 8.38. The van der Waals surface area contributed by atoms with Crippen LogP contribution in [0.2, 0.25) is 0 Å². The molecule has 0 saturated carbocycles. The second-order valence-electron chi connectivity index (χ2n) is 6.81. The number of halogens is 2. The van der Waals surface area contributed by atoms with E-state index < -0.39 is 0 Å². The molecule has 0 heterocycles. The van der Waals surface area contributed by atoms with Gasteiger partial charge in [0, 0.05) is 0 Å². The predicted molar refractivity (Wildman–Crippen MR) is 84.9 cm³/mol. The standard InChI is InChI=1S/C20H24.2ClH.Zr/c1-14(19-10-15-6-2-3-7-16(15)11-19)20-12-17-8-4-5-9-18(17)13-20;;;/h10-14H,2-9H2,1H3;2*1H;/q-2;;;+4/p-2. The number of hydrogen-bond acceptors (Lipinski definition) is 0. The quantitative estimate of drug-likeness (QED) is 0.543. The van der Waals surface area contributed by atoms with Crippen LogP contribution in [0, 0.1) is 0 Å². The first kappa shape index (κ1) is 21.2. The molecule has 0 nitrogen and oxygen atoms in total. The number of rotatable bonds is 2. The van der Waals surface area contributed by atoms with E-state index in [4.69, 9.17) is 0 Å². The molecule has 0 spiro atoms. The third-order valence-electron chi connectivity index (χ3n) is 5.47. The molecule has 2 aromatic carbocycles. The molecule has 4 rings (SSSR count). The summed E-state index contributed by atoms with van der Waals surface area (Å²) in [5.74, 6) is 0.575. The molecule has 0 aromatic heterocycles. The Morgan fingerprint density at radius 1 is 0.739 bits per heavy atom. The van der Waals surface area contributed by atoms with Gasteiger partial charge in [-0.05, 0) is 5.92 Å². The number of aryl methyl sites for hydroxylation is 4. The fraction of sp³-hybridized carbons (Fsp3) is 0.500. The van der Waals surface area contributed by atoms with E-state index in [1.807, 2.05) is 0 Å². The Kier molecular flexibility index (Phi) is 8.32. The molecule has 0 fully saturated rings. The molecule has 2 aromatic rings. The van der Waals surface area contributed by atoms with Gasteiger partial charge in [-0.15, -0.1) is 0 Å². The van der Waals surface area contributed by atoms with Gasteiger partial charge in [0.2, 0.25) is 0 Å². The van der Waals surface area contributed by atoms with Gasteiger partial charge < -0.3 is 24.8 Å². The third-order valence-corrected chi connectivity index (χ3v) is 5.47. The molecule has 0 bridgehead atoms. The van der Waals surface area contributed by atoms with E-state index in [-0.39, 0.29) is 51.0 Å². The Morgan fingerprint density at radius 3 is 1.52 bits per heavy atom. The zero-order valence-corrected chi connectivity index (χ0v) is 17.8. The van der Waals surface area contributed by atoms with E-state index in [2.05, 4.69) is 31.2 Å². The second-order valence-corrected chi connectivity index (χ2v) is 6.81. The summed E-state index contributed by atoms with van der Waals surface area (Å²) in [5, 5.41) is 0. The van der Waals surface area contributed by atoms with E-state index in [1.165, 1.54) is 51.4 Å². The molecule has 3 heteroatoms. The fourth-order valence-corrected chi connectivity index (χ4v) is 4.14. The van der Waals surface area contributed by atoms with E-state index in [0.29, 0.717) is 5.92 Å². The maximum absolute atomic E-state index is 2.49. The van der Waals surface area contributed by atoms with Gasteiger partial charge in [0.15, 0.2) is 0 Å². The molecule has 0 amide bonds. The van der Waals surface area contributed by atoms with Crippen LogP contribution in [0.25, 0.3) is 0 Å². The maximum atomic E-state index is 2.49. The molecule has 0 unspecified atom stereocenters. The van der Waals surface area contributed by atoms with Crippen LogP contribution in [0.1, 0.15) is 71.9 Å². The van der Waals surface area contributed by atoms with E-state index in [9.17, 15) is 0 Å². The van der Waals surface area contributed by atoms with Crippen LogP contribution >= 0.6 is 0 Å². The van der Waals surface area contributed by atoms with Crippen molar-refractivity contribution in [1.29, 1.82) is 0 Å². The van der Waals surface area contributed by atoms with Crippen molar-refractivity contribution < 1.29 is 51.0 Å². The van der Waals surface area contributed by atoms with Crippen molar-refractivity contribution in [3.8, 4) is 0 Å². The molecular weight excluding hydrogens is 402 g/mol. The molecule has 23 heavy (non-hydrogen) atoms. The van der Waals surface area contributed by atoms with Crippen LogP contribution in [0.15, 0.2) is 24.3 Å². The van der Waals surface area contributed by atoms with Crippen molar-refractivity contribution in [3.05, 3.63) is 57.6 Å². The molecule has 0 radical (unpaired) electrons. The van der Waals surface area contributed by atoms with Crippen molar-refractivity contribution in [2.45, 2.75) is 64.2 Å². The van der Waals surface area contributed by atoms with Crippen molar-refractivity contribution in [3.63, 3.8) is 0 Å². The molecule has 2 aliphatic rings. The Hall–Kier alpha value is 0.163. The summed E-state index contributed by atoms with van der Waals surface area (Å²) in [4.78, 5) is 0. The third kappa shape index (κ3) is 4.23. The predicted octanol–water partition coefficient (Wildman–Crippen LogP) is -0.961. The average molecular weight is 427 g/mol. The molecule has 0 N–H and O–H groups in total. The minimum absolute atomic E-state index is 0. The van der Waals surface area contributed by atoms with Crippen molar-refractivity contribution >= 4 is 0 Å². The van der Waals surface area contributed by atoms with Crippen molar-refractivity contribution in [1.82, 2.24) is 0 Å².